The second kappa shape index (κ2) is 3.25. The van der Waals surface area contributed by atoms with Crippen molar-refractivity contribution in [3.63, 3.8) is 0 Å². The van der Waals surface area contributed by atoms with E-state index < -0.39 is 0 Å². The number of hydrogen-bond donors (Lipinski definition) is 1. The Balaban J connectivity index is 2.22. The zero-order valence-electron chi connectivity index (χ0n) is 7.54. The number of hydrogen-bond acceptors (Lipinski definition) is 6. The number of nitrogens with zero attached hydrogens (tertiary/aromatic N) is 3. The van der Waals surface area contributed by atoms with Gasteiger partial charge >= 0.3 is 0 Å². The Bertz CT molecular complexity index is 600. The Morgan fingerprint density at radius 1 is 1.27 bits per heavy atom. The van der Waals surface area contributed by atoms with E-state index >= 15 is 0 Å². The van der Waals surface area contributed by atoms with Crippen molar-refractivity contribution in [1.29, 1.82) is 0 Å². The molecule has 15 heavy (non-hydrogen) atoms. The van der Waals surface area contributed by atoms with Crippen molar-refractivity contribution < 1.29 is 0 Å². The lowest BCUT2D eigenvalue weighted by molar-refractivity contribution is 1.16. The van der Waals surface area contributed by atoms with Crippen LogP contribution in [0, 0.1) is 0 Å². The van der Waals surface area contributed by atoms with E-state index in [1.165, 1.54) is 11.5 Å². The van der Waals surface area contributed by atoms with Gasteiger partial charge in [0.05, 0.1) is 16.4 Å². The predicted octanol–water partition coefficient (Wildman–Crippen LogP) is 2.40. The molecule has 0 radical (unpaired) electrons. The lowest BCUT2D eigenvalue weighted by Gasteiger charge is -1.89. The van der Waals surface area contributed by atoms with Crippen molar-refractivity contribution >= 4 is 38.8 Å². The number of anilines is 1. The van der Waals surface area contributed by atoms with Crippen molar-refractivity contribution in [1.82, 2.24) is 14.6 Å². The van der Waals surface area contributed by atoms with Gasteiger partial charge in [-0.1, -0.05) is 4.49 Å². The monoisotopic (exact) mass is 234 g/mol. The second-order valence-corrected chi connectivity index (χ2v) is 4.84. The summed E-state index contributed by atoms with van der Waals surface area (Å²) in [5.74, 6) is 0. The van der Waals surface area contributed by atoms with Crippen LogP contribution in [0.25, 0.3) is 20.1 Å². The summed E-state index contributed by atoms with van der Waals surface area (Å²) in [5.41, 5.74) is 7.44. The molecule has 3 rings (SSSR count). The Hall–Kier alpha value is -1.53. The fourth-order valence-electron chi connectivity index (χ4n) is 1.31. The summed E-state index contributed by atoms with van der Waals surface area (Å²) in [6.07, 6.45) is 1.73. The maximum atomic E-state index is 5.71. The first-order chi connectivity index (χ1) is 7.33. The molecule has 0 spiro atoms. The van der Waals surface area contributed by atoms with Gasteiger partial charge in [0.1, 0.15) is 9.88 Å². The maximum absolute atomic E-state index is 5.71. The smallest absolute Gasteiger partial charge is 0.137 e. The van der Waals surface area contributed by atoms with E-state index in [0.29, 0.717) is 0 Å². The van der Waals surface area contributed by atoms with Crippen molar-refractivity contribution in [2.24, 2.45) is 0 Å². The van der Waals surface area contributed by atoms with Gasteiger partial charge < -0.3 is 5.73 Å². The molecule has 4 nitrogen and oxygen atoms in total. The molecular formula is C9H6N4S2. The molecule has 3 aromatic rings. The molecule has 0 aliphatic carbocycles. The van der Waals surface area contributed by atoms with Crippen LogP contribution in [-0.2, 0) is 0 Å². The fraction of sp³-hybridized carbons (Fsp3) is 0. The molecule has 0 amide bonds. The minimum Gasteiger partial charge on any atom is -0.399 e. The highest BCUT2D eigenvalue weighted by Gasteiger charge is 2.07. The molecule has 0 aliphatic heterocycles. The number of aromatic nitrogens is 3. The number of rotatable bonds is 1. The Morgan fingerprint density at radius 2 is 2.20 bits per heavy atom. The third kappa shape index (κ3) is 1.47. The van der Waals surface area contributed by atoms with Gasteiger partial charge in [-0.15, -0.1) is 16.4 Å². The van der Waals surface area contributed by atoms with E-state index in [-0.39, 0.29) is 0 Å². The molecule has 0 saturated heterocycles. The third-order valence-corrected chi connectivity index (χ3v) is 3.84. The summed E-state index contributed by atoms with van der Waals surface area (Å²) in [5, 5.41) is 4.75. The average Bonchev–Trinajstić information content (AvgIpc) is 2.84. The Kier molecular flexibility index (Phi) is 1.90. The van der Waals surface area contributed by atoms with E-state index in [0.717, 1.165) is 25.8 Å². The molecule has 0 saturated carbocycles. The highest BCUT2D eigenvalue weighted by Crippen LogP contribution is 2.32. The number of fused-ring (bicyclic) bond motifs is 1. The minimum atomic E-state index is 0.764. The maximum Gasteiger partial charge on any atom is 0.137 e. The molecule has 2 N–H and O–H groups in total. The van der Waals surface area contributed by atoms with Gasteiger partial charge in [0.2, 0.25) is 0 Å². The van der Waals surface area contributed by atoms with Crippen LogP contribution >= 0.6 is 22.9 Å². The standard InChI is InChI=1S/C9H6N4S2/c10-5-1-2-6-7(3-5)14-9(12-6)8-4-11-13-15-8/h1-4H,10H2. The van der Waals surface area contributed by atoms with Crippen LogP contribution in [0.4, 0.5) is 5.69 Å². The molecule has 2 heterocycles. The van der Waals surface area contributed by atoms with Gasteiger partial charge in [0.15, 0.2) is 0 Å². The molecule has 0 fully saturated rings. The number of nitrogen functional groups attached to an aromatic ring is 1. The van der Waals surface area contributed by atoms with Gasteiger partial charge in [-0.3, -0.25) is 0 Å². The Labute approximate surface area is 93.6 Å². The fourth-order valence-corrected chi connectivity index (χ4v) is 2.86. The molecule has 0 atom stereocenters. The Morgan fingerprint density at radius 3 is 3.00 bits per heavy atom. The minimum absolute atomic E-state index is 0.764. The highest BCUT2D eigenvalue weighted by atomic mass is 32.1. The summed E-state index contributed by atoms with van der Waals surface area (Å²) in [4.78, 5) is 5.48. The lowest BCUT2D eigenvalue weighted by Crippen LogP contribution is -1.81. The quantitative estimate of drug-likeness (QED) is 0.657. The van der Waals surface area contributed by atoms with E-state index in [4.69, 9.17) is 5.73 Å². The zero-order valence-corrected chi connectivity index (χ0v) is 9.18. The SMILES string of the molecule is Nc1ccc2nc(-c3cnns3)sc2c1. The summed E-state index contributed by atoms with van der Waals surface area (Å²) in [7, 11) is 0. The van der Waals surface area contributed by atoms with Crippen LogP contribution in [-0.4, -0.2) is 14.6 Å². The topological polar surface area (TPSA) is 64.7 Å². The normalized spacial score (nSPS) is 10.9. The van der Waals surface area contributed by atoms with Gasteiger partial charge in [-0.05, 0) is 29.7 Å². The number of thiazole rings is 1. The van der Waals surface area contributed by atoms with Crippen LogP contribution in [0.1, 0.15) is 0 Å². The third-order valence-electron chi connectivity index (χ3n) is 1.98. The largest absolute Gasteiger partial charge is 0.399 e. The van der Waals surface area contributed by atoms with E-state index in [1.54, 1.807) is 17.5 Å². The van der Waals surface area contributed by atoms with Gasteiger partial charge in [0, 0.05) is 5.69 Å². The van der Waals surface area contributed by atoms with Crippen molar-refractivity contribution in [3.05, 3.63) is 24.4 Å². The number of nitrogens with two attached hydrogens (primary N) is 1. The van der Waals surface area contributed by atoms with E-state index in [1.807, 2.05) is 18.2 Å². The van der Waals surface area contributed by atoms with Crippen molar-refractivity contribution in [3.8, 4) is 9.88 Å². The summed E-state index contributed by atoms with van der Waals surface area (Å²) in [6.45, 7) is 0. The molecule has 1 aromatic carbocycles. The van der Waals surface area contributed by atoms with E-state index in [2.05, 4.69) is 14.6 Å². The van der Waals surface area contributed by atoms with Crippen LogP contribution in [0.5, 0.6) is 0 Å². The molecular weight excluding hydrogens is 228 g/mol. The van der Waals surface area contributed by atoms with Gasteiger partial charge in [0.25, 0.3) is 0 Å². The van der Waals surface area contributed by atoms with Gasteiger partial charge in [-0.2, -0.15) is 0 Å². The van der Waals surface area contributed by atoms with Crippen LogP contribution < -0.4 is 5.73 Å². The molecule has 0 aliphatic rings. The first kappa shape index (κ1) is 8.75. The lowest BCUT2D eigenvalue weighted by atomic mass is 10.3. The summed E-state index contributed by atoms with van der Waals surface area (Å²) in [6, 6.07) is 5.72. The molecule has 0 unspecified atom stereocenters. The molecule has 74 valence electrons. The number of benzene rings is 1. The second-order valence-electron chi connectivity index (χ2n) is 3.03. The first-order valence-corrected chi connectivity index (χ1v) is 5.86. The summed E-state index contributed by atoms with van der Waals surface area (Å²) < 4.78 is 4.92. The van der Waals surface area contributed by atoms with Crippen LogP contribution in [0.2, 0.25) is 0 Å². The summed E-state index contributed by atoms with van der Waals surface area (Å²) >= 11 is 2.96. The highest BCUT2D eigenvalue weighted by molar-refractivity contribution is 7.24. The van der Waals surface area contributed by atoms with Crippen molar-refractivity contribution in [2.45, 2.75) is 0 Å². The first-order valence-electron chi connectivity index (χ1n) is 4.27. The predicted molar refractivity (Wildman–Crippen MR) is 62.9 cm³/mol. The van der Waals surface area contributed by atoms with Gasteiger partial charge in [-0.25, -0.2) is 4.98 Å². The van der Waals surface area contributed by atoms with E-state index in [9.17, 15) is 0 Å². The zero-order chi connectivity index (χ0) is 10.3. The van der Waals surface area contributed by atoms with Crippen LogP contribution in [0.3, 0.4) is 0 Å². The van der Waals surface area contributed by atoms with Crippen molar-refractivity contribution in [2.75, 3.05) is 5.73 Å². The average molecular weight is 234 g/mol. The van der Waals surface area contributed by atoms with Crippen LogP contribution in [0.15, 0.2) is 24.4 Å². The molecule has 2 aromatic heterocycles. The molecule has 6 heteroatoms. The molecule has 0 bridgehead atoms.